The van der Waals surface area contributed by atoms with Gasteiger partial charge in [0.15, 0.2) is 0 Å². The summed E-state index contributed by atoms with van der Waals surface area (Å²) in [5.74, 6) is -1.13. The normalized spacial score (nSPS) is 11.8. The first-order valence-corrected chi connectivity index (χ1v) is 8.88. The third-order valence-corrected chi connectivity index (χ3v) is 4.98. The molecule has 3 N–H and O–H groups in total. The molecule has 0 aliphatic heterocycles. The van der Waals surface area contributed by atoms with Crippen LogP contribution < -0.4 is 10.6 Å². The van der Waals surface area contributed by atoms with E-state index >= 15 is 0 Å². The molecule has 2 aromatic heterocycles. The molecule has 3 aromatic rings. The maximum Gasteiger partial charge on any atom is 0.313 e. The number of rotatable bonds is 5. The van der Waals surface area contributed by atoms with Gasteiger partial charge in [-0.1, -0.05) is 23.7 Å². The van der Waals surface area contributed by atoms with Crippen molar-refractivity contribution in [2.75, 3.05) is 5.32 Å². The highest BCUT2D eigenvalue weighted by Crippen LogP contribution is 2.28. The van der Waals surface area contributed by atoms with E-state index in [4.69, 9.17) is 16.0 Å². The average Bonchev–Trinajstić information content (AvgIpc) is 3.33. The summed E-state index contributed by atoms with van der Waals surface area (Å²) in [6.07, 6.45) is 0.633. The number of thiophene rings is 1. The van der Waals surface area contributed by atoms with E-state index in [1.807, 2.05) is 0 Å². The van der Waals surface area contributed by atoms with E-state index < -0.39 is 17.9 Å². The number of halogens is 1. The average molecular weight is 391 g/mol. The van der Waals surface area contributed by atoms with Crippen molar-refractivity contribution in [3.63, 3.8) is 0 Å². The van der Waals surface area contributed by atoms with Crippen molar-refractivity contribution in [3.8, 4) is 0 Å². The molecule has 0 saturated heterocycles. The van der Waals surface area contributed by atoms with Gasteiger partial charge < -0.3 is 20.2 Å². The maximum absolute atomic E-state index is 11.9. The summed E-state index contributed by atoms with van der Waals surface area (Å²) in [4.78, 5) is 25.3. The molecule has 3 rings (SSSR count). The summed E-state index contributed by atoms with van der Waals surface area (Å²) in [6.45, 7) is 0.171. The van der Waals surface area contributed by atoms with Gasteiger partial charge in [0, 0.05) is 9.75 Å². The van der Waals surface area contributed by atoms with Gasteiger partial charge >= 0.3 is 11.8 Å². The third-order valence-electron chi connectivity index (χ3n) is 3.52. The van der Waals surface area contributed by atoms with E-state index in [0.29, 0.717) is 21.3 Å². The number of carbonyl (C=O) groups is 2. The second-order valence-corrected chi connectivity index (χ2v) is 6.95. The van der Waals surface area contributed by atoms with Crippen LogP contribution in [-0.4, -0.2) is 16.9 Å². The van der Waals surface area contributed by atoms with E-state index in [9.17, 15) is 14.7 Å². The molecule has 134 valence electrons. The Morgan fingerprint density at radius 3 is 2.65 bits per heavy atom. The zero-order valence-corrected chi connectivity index (χ0v) is 15.0. The Morgan fingerprint density at radius 1 is 1.12 bits per heavy atom. The predicted molar refractivity (Wildman–Crippen MR) is 99.0 cm³/mol. The molecule has 6 nitrogen and oxygen atoms in total. The van der Waals surface area contributed by atoms with Gasteiger partial charge in [0.2, 0.25) is 0 Å². The second-order valence-electron chi connectivity index (χ2n) is 5.34. The summed E-state index contributed by atoms with van der Waals surface area (Å²) in [5.41, 5.74) is 0.370. The summed E-state index contributed by atoms with van der Waals surface area (Å²) >= 11 is 7.27. The Hall–Kier alpha value is -2.61. The number of furan rings is 1. The first-order chi connectivity index (χ1) is 12.5. The lowest BCUT2D eigenvalue weighted by atomic mass is 10.2. The van der Waals surface area contributed by atoms with E-state index in [2.05, 4.69) is 10.6 Å². The quantitative estimate of drug-likeness (QED) is 0.583. The Morgan fingerprint density at radius 2 is 1.92 bits per heavy atom. The van der Waals surface area contributed by atoms with Gasteiger partial charge in [0.05, 0.1) is 23.5 Å². The van der Waals surface area contributed by atoms with Gasteiger partial charge in [-0.25, -0.2) is 0 Å². The van der Waals surface area contributed by atoms with Crippen LogP contribution in [0.25, 0.3) is 0 Å². The first kappa shape index (κ1) is 18.2. The number of aliphatic hydroxyl groups is 1. The van der Waals surface area contributed by atoms with E-state index in [1.54, 1.807) is 48.5 Å². The van der Waals surface area contributed by atoms with Gasteiger partial charge in [0.1, 0.15) is 11.9 Å². The van der Waals surface area contributed by atoms with Crippen LogP contribution in [0.5, 0.6) is 0 Å². The minimum absolute atomic E-state index is 0.171. The van der Waals surface area contributed by atoms with Crippen LogP contribution >= 0.6 is 22.9 Å². The number of nitrogens with one attached hydrogen (secondary N) is 2. The molecule has 2 heterocycles. The highest BCUT2D eigenvalue weighted by atomic mass is 35.5. The van der Waals surface area contributed by atoms with Crippen LogP contribution in [-0.2, 0) is 16.1 Å². The number of carbonyl (C=O) groups excluding carboxylic acids is 2. The van der Waals surface area contributed by atoms with Crippen molar-refractivity contribution in [2.45, 2.75) is 12.6 Å². The number of hydrogen-bond donors (Lipinski definition) is 3. The highest BCUT2D eigenvalue weighted by Gasteiger charge is 2.17. The first-order valence-electron chi connectivity index (χ1n) is 7.68. The smallest absolute Gasteiger partial charge is 0.313 e. The number of aliphatic hydroxyl groups excluding tert-OH is 1. The fraction of sp³-hybridized carbons (Fsp3) is 0.111. The molecule has 0 bridgehead atoms. The zero-order chi connectivity index (χ0) is 18.5. The van der Waals surface area contributed by atoms with Gasteiger partial charge in [0.25, 0.3) is 0 Å². The number of para-hydroxylation sites is 1. The molecular formula is C18H15ClN2O4S. The van der Waals surface area contributed by atoms with Crippen molar-refractivity contribution >= 4 is 40.4 Å². The molecular weight excluding hydrogens is 376 g/mol. The van der Waals surface area contributed by atoms with Crippen molar-refractivity contribution in [1.82, 2.24) is 5.32 Å². The molecule has 0 aliphatic carbocycles. The van der Waals surface area contributed by atoms with Gasteiger partial charge in [-0.3, -0.25) is 9.59 Å². The van der Waals surface area contributed by atoms with Gasteiger partial charge in [-0.15, -0.1) is 11.3 Å². The maximum atomic E-state index is 11.9. The fourth-order valence-corrected chi connectivity index (χ4v) is 3.34. The van der Waals surface area contributed by atoms with E-state index in [0.717, 1.165) is 4.88 Å². The Balaban J connectivity index is 1.55. The minimum Gasteiger partial charge on any atom is -0.466 e. The van der Waals surface area contributed by atoms with Crippen LogP contribution in [0.2, 0.25) is 5.02 Å². The van der Waals surface area contributed by atoms with Crippen molar-refractivity contribution < 1.29 is 19.1 Å². The van der Waals surface area contributed by atoms with Crippen LogP contribution in [0.3, 0.4) is 0 Å². The fourth-order valence-electron chi connectivity index (χ4n) is 2.21. The lowest BCUT2D eigenvalue weighted by Gasteiger charge is -2.07. The monoisotopic (exact) mass is 390 g/mol. The van der Waals surface area contributed by atoms with E-state index in [-0.39, 0.29) is 6.54 Å². The number of anilines is 1. The molecule has 0 fully saturated rings. The largest absolute Gasteiger partial charge is 0.466 e. The lowest BCUT2D eigenvalue weighted by molar-refractivity contribution is -0.136. The Kier molecular flexibility index (Phi) is 5.72. The van der Waals surface area contributed by atoms with Crippen molar-refractivity contribution in [2.24, 2.45) is 0 Å². The van der Waals surface area contributed by atoms with Crippen LogP contribution in [0.15, 0.2) is 59.2 Å². The van der Waals surface area contributed by atoms with Crippen LogP contribution in [0.1, 0.15) is 21.6 Å². The molecule has 26 heavy (non-hydrogen) atoms. The lowest BCUT2D eigenvalue weighted by Crippen LogP contribution is -2.34. The molecule has 0 spiro atoms. The second kappa shape index (κ2) is 8.18. The molecule has 0 aliphatic rings. The van der Waals surface area contributed by atoms with Crippen molar-refractivity contribution in [3.05, 3.63) is 75.3 Å². The SMILES string of the molecule is O=C(NCc1ccc(C(O)c2ccco2)s1)C(=O)Nc1ccccc1Cl. The van der Waals surface area contributed by atoms with Gasteiger partial charge in [-0.2, -0.15) is 0 Å². The molecule has 2 amide bonds. The minimum atomic E-state index is -0.858. The third kappa shape index (κ3) is 4.32. The molecule has 0 saturated carbocycles. The zero-order valence-electron chi connectivity index (χ0n) is 13.4. The highest BCUT2D eigenvalue weighted by molar-refractivity contribution is 7.12. The molecule has 1 aromatic carbocycles. The van der Waals surface area contributed by atoms with Crippen molar-refractivity contribution in [1.29, 1.82) is 0 Å². The molecule has 1 unspecified atom stereocenters. The van der Waals surface area contributed by atoms with Crippen LogP contribution in [0.4, 0.5) is 5.69 Å². The van der Waals surface area contributed by atoms with Crippen LogP contribution in [0, 0.1) is 0 Å². The summed E-state index contributed by atoms with van der Waals surface area (Å²) < 4.78 is 5.18. The molecule has 0 radical (unpaired) electrons. The summed E-state index contributed by atoms with van der Waals surface area (Å²) in [6, 6.07) is 13.6. The number of hydrogen-bond acceptors (Lipinski definition) is 5. The molecule has 8 heteroatoms. The molecule has 1 atom stereocenters. The van der Waals surface area contributed by atoms with Gasteiger partial charge in [-0.05, 0) is 36.4 Å². The standard InChI is InChI=1S/C18H15ClN2O4S/c19-12-4-1-2-5-13(12)21-18(24)17(23)20-10-11-7-8-15(26-11)16(22)14-6-3-9-25-14/h1-9,16,22H,10H2,(H,20,23)(H,21,24). The Labute approximate surface area is 158 Å². The topological polar surface area (TPSA) is 91.6 Å². The Bertz CT molecular complexity index is 908. The summed E-state index contributed by atoms with van der Waals surface area (Å²) in [5, 5.41) is 15.5. The predicted octanol–water partition coefficient (Wildman–Crippen LogP) is 3.33. The summed E-state index contributed by atoms with van der Waals surface area (Å²) in [7, 11) is 0. The van der Waals surface area contributed by atoms with E-state index in [1.165, 1.54) is 17.6 Å². The number of amides is 2. The number of benzene rings is 1.